The second kappa shape index (κ2) is 10.4. The van der Waals surface area contributed by atoms with Gasteiger partial charge in [-0.15, -0.1) is 0 Å². The summed E-state index contributed by atoms with van der Waals surface area (Å²) >= 11 is 0. The molecule has 0 bridgehead atoms. The fourth-order valence-corrected chi connectivity index (χ4v) is 4.57. The Balaban J connectivity index is 1.27. The van der Waals surface area contributed by atoms with Crippen molar-refractivity contribution in [3.63, 3.8) is 0 Å². The van der Waals surface area contributed by atoms with E-state index < -0.39 is 0 Å². The molecule has 3 aromatic heterocycles. The van der Waals surface area contributed by atoms with Crippen molar-refractivity contribution in [2.24, 2.45) is 0 Å². The summed E-state index contributed by atoms with van der Waals surface area (Å²) in [5.41, 5.74) is 5.99. The second-order valence-corrected chi connectivity index (χ2v) is 9.13. The zero-order chi connectivity index (χ0) is 26.8. The fourth-order valence-electron chi connectivity index (χ4n) is 4.57. The van der Waals surface area contributed by atoms with Crippen LogP contribution in [-0.4, -0.2) is 67.9 Å². The fraction of sp³-hybridized carbons (Fsp3) is 0.179. The normalized spacial score (nSPS) is 13.4. The van der Waals surface area contributed by atoms with E-state index in [2.05, 4.69) is 30.6 Å². The highest BCUT2D eigenvalue weighted by Gasteiger charge is 2.19. The van der Waals surface area contributed by atoms with Crippen LogP contribution in [0.3, 0.4) is 0 Å². The van der Waals surface area contributed by atoms with E-state index in [0.717, 1.165) is 22.3 Å². The molecule has 0 saturated carbocycles. The average Bonchev–Trinajstić information content (AvgIpc) is 3.68. The molecule has 11 heteroatoms. The molecule has 0 aliphatic carbocycles. The lowest BCUT2D eigenvalue weighted by molar-refractivity contribution is 0.0303. The summed E-state index contributed by atoms with van der Waals surface area (Å²) in [5.74, 6) is 0.477. The molecule has 1 saturated heterocycles. The number of fused-ring (bicyclic) bond motifs is 1. The highest BCUT2D eigenvalue weighted by molar-refractivity contribution is 6.02. The van der Waals surface area contributed by atoms with E-state index in [0.29, 0.717) is 54.6 Å². The van der Waals surface area contributed by atoms with Crippen LogP contribution in [0.2, 0.25) is 0 Å². The Labute approximate surface area is 223 Å². The molecule has 1 fully saturated rings. The van der Waals surface area contributed by atoms with Crippen molar-refractivity contribution < 1.29 is 14.3 Å². The van der Waals surface area contributed by atoms with Crippen molar-refractivity contribution in [3.05, 3.63) is 84.2 Å². The van der Waals surface area contributed by atoms with Crippen molar-refractivity contribution in [2.45, 2.75) is 6.92 Å². The molecule has 6 rings (SSSR count). The highest BCUT2D eigenvalue weighted by atomic mass is 16.5. The van der Waals surface area contributed by atoms with Crippen molar-refractivity contribution in [1.82, 2.24) is 29.8 Å². The van der Waals surface area contributed by atoms with Crippen LogP contribution in [0, 0.1) is 6.92 Å². The first kappa shape index (κ1) is 24.3. The lowest BCUT2D eigenvalue weighted by Crippen LogP contribution is -2.40. The molecule has 4 N–H and O–H groups in total. The summed E-state index contributed by atoms with van der Waals surface area (Å²) in [6.45, 7) is 4.25. The minimum Gasteiger partial charge on any atom is -0.378 e. The first-order valence-corrected chi connectivity index (χ1v) is 12.6. The number of anilines is 3. The van der Waals surface area contributed by atoms with Gasteiger partial charge in [-0.2, -0.15) is 0 Å². The lowest BCUT2D eigenvalue weighted by Gasteiger charge is -2.26. The molecule has 0 unspecified atom stereocenters. The van der Waals surface area contributed by atoms with E-state index in [4.69, 9.17) is 9.72 Å². The summed E-state index contributed by atoms with van der Waals surface area (Å²) in [5, 5.41) is 6.27. The summed E-state index contributed by atoms with van der Waals surface area (Å²) in [6, 6.07) is 14.9. The maximum absolute atomic E-state index is 12.8. The Morgan fingerprint density at radius 2 is 1.85 bits per heavy atom. The molecule has 0 spiro atoms. The summed E-state index contributed by atoms with van der Waals surface area (Å²) in [6.07, 6.45) is 4.76. The number of carbonyl (C=O) groups is 2. The van der Waals surface area contributed by atoms with Gasteiger partial charge in [0, 0.05) is 48.0 Å². The third-order valence-corrected chi connectivity index (χ3v) is 6.67. The molecule has 2 amide bonds. The quantitative estimate of drug-likeness (QED) is 0.263. The Kier molecular flexibility index (Phi) is 6.47. The number of aromatic nitrogens is 5. The number of morpholine rings is 1. The van der Waals surface area contributed by atoms with Crippen molar-refractivity contribution in [2.75, 3.05) is 36.9 Å². The number of amides is 2. The predicted molar refractivity (Wildman–Crippen MR) is 147 cm³/mol. The minimum absolute atomic E-state index is 0.00541. The number of carbonyl (C=O) groups excluding carboxylic acids is 2. The van der Waals surface area contributed by atoms with Gasteiger partial charge in [0.1, 0.15) is 5.52 Å². The van der Waals surface area contributed by atoms with Gasteiger partial charge in [-0.1, -0.05) is 12.1 Å². The topological polar surface area (TPSA) is 141 Å². The van der Waals surface area contributed by atoms with Crippen LogP contribution in [0.5, 0.6) is 0 Å². The molecule has 4 heterocycles. The van der Waals surface area contributed by atoms with Gasteiger partial charge in [-0.3, -0.25) is 9.59 Å². The Hall–Kier alpha value is -5.03. The molecule has 5 aromatic rings. The number of ether oxygens (including phenoxy) is 1. The minimum atomic E-state index is -0.324. The summed E-state index contributed by atoms with van der Waals surface area (Å²) in [4.78, 5) is 46.5. The molecular weight excluding hydrogens is 496 g/mol. The first-order valence-electron chi connectivity index (χ1n) is 12.6. The van der Waals surface area contributed by atoms with E-state index in [-0.39, 0.29) is 17.6 Å². The SMILES string of the molecule is Cc1c(NC(=O)c2ncc[nH]2)cccc1-c1cc2[nH]cnc2c(Nc2ccc(C(=O)N3CCOCC3)cc2)n1. The van der Waals surface area contributed by atoms with Crippen LogP contribution in [0.25, 0.3) is 22.3 Å². The number of imidazole rings is 2. The zero-order valence-electron chi connectivity index (χ0n) is 21.2. The number of nitrogens with one attached hydrogen (secondary N) is 4. The number of nitrogens with zero attached hydrogens (tertiary/aromatic N) is 4. The highest BCUT2D eigenvalue weighted by Crippen LogP contribution is 2.32. The van der Waals surface area contributed by atoms with Gasteiger partial charge < -0.3 is 30.2 Å². The molecule has 2 aromatic carbocycles. The number of pyridine rings is 1. The van der Waals surface area contributed by atoms with Gasteiger partial charge >= 0.3 is 0 Å². The van der Waals surface area contributed by atoms with E-state index in [1.54, 1.807) is 29.6 Å². The molecule has 1 aliphatic rings. The van der Waals surface area contributed by atoms with E-state index in [9.17, 15) is 9.59 Å². The van der Waals surface area contributed by atoms with Crippen LogP contribution >= 0.6 is 0 Å². The molecule has 1 aliphatic heterocycles. The average molecular weight is 523 g/mol. The van der Waals surface area contributed by atoms with Crippen LogP contribution in [-0.2, 0) is 4.74 Å². The molecule has 39 heavy (non-hydrogen) atoms. The van der Waals surface area contributed by atoms with Gasteiger partial charge in [-0.05, 0) is 48.9 Å². The third kappa shape index (κ3) is 4.94. The summed E-state index contributed by atoms with van der Waals surface area (Å²) in [7, 11) is 0. The number of benzene rings is 2. The molecular formula is C28H26N8O3. The van der Waals surface area contributed by atoms with E-state index in [1.165, 1.54) is 6.20 Å². The maximum Gasteiger partial charge on any atom is 0.291 e. The van der Waals surface area contributed by atoms with Crippen molar-refractivity contribution >= 4 is 40.0 Å². The Morgan fingerprint density at radius 3 is 2.62 bits per heavy atom. The van der Waals surface area contributed by atoms with Crippen LogP contribution in [0.4, 0.5) is 17.2 Å². The standard InChI is InChI=1S/C28H26N8O3/c1-17-20(3-2-4-21(17)35-27(37)26-29-9-10-30-26)22-15-23-24(32-16-31-23)25(34-22)33-19-7-5-18(6-8-19)28(38)36-11-13-39-14-12-36/h2-10,15-16H,11-14H2,1H3,(H,29,30)(H,31,32)(H,33,34)(H,35,37). The Morgan fingerprint density at radius 1 is 1.03 bits per heavy atom. The van der Waals surface area contributed by atoms with Gasteiger partial charge in [0.05, 0.1) is 30.8 Å². The smallest absolute Gasteiger partial charge is 0.291 e. The van der Waals surface area contributed by atoms with Crippen molar-refractivity contribution in [3.8, 4) is 11.3 Å². The van der Waals surface area contributed by atoms with E-state index in [1.807, 2.05) is 43.3 Å². The zero-order valence-corrected chi connectivity index (χ0v) is 21.2. The number of aromatic amines is 2. The van der Waals surface area contributed by atoms with Gasteiger partial charge in [0.25, 0.3) is 11.8 Å². The van der Waals surface area contributed by atoms with Crippen LogP contribution in [0.15, 0.2) is 67.3 Å². The van der Waals surface area contributed by atoms with Crippen molar-refractivity contribution in [1.29, 1.82) is 0 Å². The maximum atomic E-state index is 12.8. The van der Waals surface area contributed by atoms with Gasteiger partial charge in [-0.25, -0.2) is 15.0 Å². The van der Waals surface area contributed by atoms with Crippen LogP contribution in [0.1, 0.15) is 26.5 Å². The monoisotopic (exact) mass is 522 g/mol. The van der Waals surface area contributed by atoms with E-state index >= 15 is 0 Å². The number of hydrogen-bond acceptors (Lipinski definition) is 7. The first-order chi connectivity index (χ1) is 19.1. The lowest BCUT2D eigenvalue weighted by atomic mass is 10.0. The molecule has 0 atom stereocenters. The Bertz CT molecular complexity index is 1640. The summed E-state index contributed by atoms with van der Waals surface area (Å²) < 4.78 is 5.35. The molecule has 11 nitrogen and oxygen atoms in total. The largest absolute Gasteiger partial charge is 0.378 e. The third-order valence-electron chi connectivity index (χ3n) is 6.67. The molecule has 0 radical (unpaired) electrons. The van der Waals surface area contributed by atoms with Gasteiger partial charge in [0.2, 0.25) is 0 Å². The second-order valence-electron chi connectivity index (χ2n) is 9.13. The number of H-pyrrole nitrogens is 2. The number of hydrogen-bond donors (Lipinski definition) is 4. The number of rotatable bonds is 6. The molecule has 196 valence electrons. The van der Waals surface area contributed by atoms with Gasteiger partial charge in [0.15, 0.2) is 11.6 Å². The van der Waals surface area contributed by atoms with Crippen LogP contribution < -0.4 is 10.6 Å². The predicted octanol–water partition coefficient (Wildman–Crippen LogP) is 4.12.